The molecule has 3 saturated carbocycles. The summed E-state index contributed by atoms with van der Waals surface area (Å²) in [5.74, 6) is 6.98. The van der Waals surface area contributed by atoms with E-state index in [-0.39, 0.29) is 6.10 Å². The Kier molecular flexibility index (Phi) is 1.89. The van der Waals surface area contributed by atoms with E-state index < -0.39 is 0 Å². The zero-order valence-corrected chi connectivity index (χ0v) is 8.52. The zero-order chi connectivity index (χ0) is 9.71. The molecule has 5 unspecified atom stereocenters. The molecule has 0 aromatic heterocycles. The number of terminal acetylenes is 1. The van der Waals surface area contributed by atoms with E-state index in [1.165, 1.54) is 19.3 Å². The summed E-state index contributed by atoms with van der Waals surface area (Å²) in [4.78, 5) is 0. The lowest BCUT2D eigenvalue weighted by Gasteiger charge is -2.13. The first-order valence-electron chi connectivity index (χ1n) is 5.94. The van der Waals surface area contributed by atoms with Crippen LogP contribution in [0.5, 0.6) is 0 Å². The maximum atomic E-state index is 9.99. The molecule has 0 radical (unpaired) electrons. The molecule has 5 atom stereocenters. The second-order valence-electron chi connectivity index (χ2n) is 5.38. The number of hydrogen-bond donors (Lipinski definition) is 1. The van der Waals surface area contributed by atoms with E-state index in [1.807, 2.05) is 0 Å². The average molecular weight is 190 g/mol. The van der Waals surface area contributed by atoms with Crippen molar-refractivity contribution in [3.8, 4) is 12.3 Å². The molecule has 0 amide bonds. The number of aliphatic hydroxyl groups is 1. The standard InChI is InChI=1S/C13H18O/c1-2-3-4-10(14)13-11-8-5-6-9(7-8)12(11)13/h1,8-14H,3-7H2. The van der Waals surface area contributed by atoms with Crippen LogP contribution >= 0.6 is 0 Å². The van der Waals surface area contributed by atoms with Gasteiger partial charge in [0, 0.05) is 6.42 Å². The molecule has 1 heteroatoms. The van der Waals surface area contributed by atoms with Crippen molar-refractivity contribution >= 4 is 0 Å². The van der Waals surface area contributed by atoms with E-state index in [9.17, 15) is 5.11 Å². The predicted molar refractivity (Wildman–Crippen MR) is 55.4 cm³/mol. The SMILES string of the molecule is C#CCCC(O)C1C2C3CCC(C3)C12. The lowest BCUT2D eigenvalue weighted by molar-refractivity contribution is 0.121. The largest absolute Gasteiger partial charge is 0.393 e. The molecule has 0 aromatic rings. The number of hydrogen-bond acceptors (Lipinski definition) is 1. The van der Waals surface area contributed by atoms with Gasteiger partial charge in [-0.05, 0) is 55.3 Å². The van der Waals surface area contributed by atoms with Crippen molar-refractivity contribution in [3.05, 3.63) is 0 Å². The number of fused-ring (bicyclic) bond motifs is 5. The van der Waals surface area contributed by atoms with Gasteiger partial charge in [-0.3, -0.25) is 0 Å². The molecule has 0 spiro atoms. The monoisotopic (exact) mass is 190 g/mol. The van der Waals surface area contributed by atoms with Gasteiger partial charge in [0.25, 0.3) is 0 Å². The van der Waals surface area contributed by atoms with Crippen molar-refractivity contribution in [1.82, 2.24) is 0 Å². The first-order chi connectivity index (χ1) is 6.83. The maximum Gasteiger partial charge on any atom is 0.0583 e. The Hall–Kier alpha value is -0.480. The third-order valence-electron chi connectivity index (χ3n) is 4.82. The lowest BCUT2D eigenvalue weighted by atomic mass is 9.97. The van der Waals surface area contributed by atoms with Crippen LogP contribution in [0.3, 0.4) is 0 Å². The summed E-state index contributed by atoms with van der Waals surface area (Å²) in [6.07, 6.45) is 11.0. The molecule has 3 rings (SSSR count). The first kappa shape index (κ1) is 8.80. The van der Waals surface area contributed by atoms with Crippen LogP contribution in [0.1, 0.15) is 32.1 Å². The molecule has 0 heterocycles. The van der Waals surface area contributed by atoms with Crippen molar-refractivity contribution in [2.75, 3.05) is 0 Å². The molecular formula is C13H18O. The van der Waals surface area contributed by atoms with E-state index in [2.05, 4.69) is 5.92 Å². The molecule has 0 saturated heterocycles. The van der Waals surface area contributed by atoms with E-state index in [0.29, 0.717) is 5.92 Å². The minimum atomic E-state index is -0.0931. The van der Waals surface area contributed by atoms with E-state index >= 15 is 0 Å². The molecule has 0 aromatic carbocycles. The van der Waals surface area contributed by atoms with Crippen molar-refractivity contribution in [3.63, 3.8) is 0 Å². The van der Waals surface area contributed by atoms with Gasteiger partial charge in [-0.15, -0.1) is 12.3 Å². The van der Waals surface area contributed by atoms with E-state index in [0.717, 1.165) is 36.5 Å². The fourth-order valence-corrected chi connectivity index (χ4v) is 4.33. The van der Waals surface area contributed by atoms with Gasteiger partial charge in [0.15, 0.2) is 0 Å². The van der Waals surface area contributed by atoms with Crippen molar-refractivity contribution in [1.29, 1.82) is 0 Å². The molecule has 76 valence electrons. The van der Waals surface area contributed by atoms with Crippen molar-refractivity contribution in [2.45, 2.75) is 38.2 Å². The highest BCUT2D eigenvalue weighted by molar-refractivity contribution is 5.14. The Morgan fingerprint density at radius 3 is 2.50 bits per heavy atom. The summed E-state index contributed by atoms with van der Waals surface area (Å²) in [7, 11) is 0. The highest BCUT2D eigenvalue weighted by atomic mass is 16.3. The second-order valence-corrected chi connectivity index (χ2v) is 5.38. The van der Waals surface area contributed by atoms with Gasteiger partial charge in [0.1, 0.15) is 0 Å². The highest BCUT2D eigenvalue weighted by Gasteiger charge is 2.66. The lowest BCUT2D eigenvalue weighted by Crippen LogP contribution is -2.15. The summed E-state index contributed by atoms with van der Waals surface area (Å²) >= 11 is 0. The molecule has 1 N–H and O–H groups in total. The fraction of sp³-hybridized carbons (Fsp3) is 0.846. The molecule has 3 aliphatic carbocycles. The van der Waals surface area contributed by atoms with Gasteiger partial charge in [0.2, 0.25) is 0 Å². The van der Waals surface area contributed by atoms with Gasteiger partial charge >= 0.3 is 0 Å². The third kappa shape index (κ3) is 1.07. The van der Waals surface area contributed by atoms with Gasteiger partial charge < -0.3 is 5.11 Å². The predicted octanol–water partition coefficient (Wildman–Crippen LogP) is 2.05. The van der Waals surface area contributed by atoms with Crippen LogP contribution in [-0.2, 0) is 0 Å². The molecule has 1 nitrogen and oxygen atoms in total. The second kappa shape index (κ2) is 3.00. The summed E-state index contributed by atoms with van der Waals surface area (Å²) in [5, 5.41) is 9.99. The normalized spacial score (nSPS) is 49.9. The molecule has 3 aliphatic rings. The Morgan fingerprint density at radius 1 is 1.29 bits per heavy atom. The Balaban J connectivity index is 1.60. The number of rotatable bonds is 3. The minimum absolute atomic E-state index is 0.0931. The van der Waals surface area contributed by atoms with E-state index in [4.69, 9.17) is 6.42 Å². The van der Waals surface area contributed by atoms with Gasteiger partial charge in [-0.2, -0.15) is 0 Å². The van der Waals surface area contributed by atoms with Crippen molar-refractivity contribution in [2.24, 2.45) is 29.6 Å². The smallest absolute Gasteiger partial charge is 0.0583 e. The van der Waals surface area contributed by atoms with Crippen molar-refractivity contribution < 1.29 is 5.11 Å². The van der Waals surface area contributed by atoms with E-state index in [1.54, 1.807) is 0 Å². The summed E-state index contributed by atoms with van der Waals surface area (Å²) in [6, 6.07) is 0. The topological polar surface area (TPSA) is 20.2 Å². The highest BCUT2D eigenvalue weighted by Crippen LogP contribution is 2.70. The average Bonchev–Trinajstić information content (AvgIpc) is 2.64. The molecule has 2 bridgehead atoms. The van der Waals surface area contributed by atoms with Crippen LogP contribution in [0.25, 0.3) is 0 Å². The van der Waals surface area contributed by atoms with Gasteiger partial charge in [-0.25, -0.2) is 0 Å². The summed E-state index contributed by atoms with van der Waals surface area (Å²) in [6.45, 7) is 0. The summed E-state index contributed by atoms with van der Waals surface area (Å²) in [5.41, 5.74) is 0. The number of aliphatic hydroxyl groups excluding tert-OH is 1. The van der Waals surface area contributed by atoms with Gasteiger partial charge in [-0.1, -0.05) is 0 Å². The van der Waals surface area contributed by atoms with Crippen LogP contribution in [0.4, 0.5) is 0 Å². The maximum absolute atomic E-state index is 9.99. The van der Waals surface area contributed by atoms with Crippen LogP contribution in [0.2, 0.25) is 0 Å². The molecule has 3 fully saturated rings. The first-order valence-corrected chi connectivity index (χ1v) is 5.94. The molecule has 0 aliphatic heterocycles. The van der Waals surface area contributed by atoms with Crippen LogP contribution < -0.4 is 0 Å². The van der Waals surface area contributed by atoms with Crippen LogP contribution in [0, 0.1) is 41.9 Å². The zero-order valence-electron chi connectivity index (χ0n) is 8.52. The van der Waals surface area contributed by atoms with Gasteiger partial charge in [0.05, 0.1) is 6.10 Å². The van der Waals surface area contributed by atoms with Crippen LogP contribution in [0.15, 0.2) is 0 Å². The summed E-state index contributed by atoms with van der Waals surface area (Å²) < 4.78 is 0. The Bertz CT molecular complexity index is 261. The Morgan fingerprint density at radius 2 is 1.93 bits per heavy atom. The fourth-order valence-electron chi connectivity index (χ4n) is 4.33. The molecular weight excluding hydrogens is 172 g/mol. The quantitative estimate of drug-likeness (QED) is 0.675. The third-order valence-corrected chi connectivity index (χ3v) is 4.82. The minimum Gasteiger partial charge on any atom is -0.393 e. The molecule has 14 heavy (non-hydrogen) atoms. The Labute approximate surface area is 85.9 Å². The van der Waals surface area contributed by atoms with Crippen LogP contribution in [-0.4, -0.2) is 11.2 Å².